The molecule has 2 rings (SSSR count). The standard InChI is InChI=1S/C10H16N4O/c1-2-5-15-9-3-4-12-10(13-9)14-6-8(11)7-14/h3-4,8H,2,5-7,11H2,1H3. The predicted molar refractivity (Wildman–Crippen MR) is 58.0 cm³/mol. The number of ether oxygens (including phenoxy) is 1. The molecule has 1 aromatic rings. The molecule has 1 aromatic heterocycles. The van der Waals surface area contributed by atoms with Crippen molar-refractivity contribution in [3.05, 3.63) is 12.3 Å². The van der Waals surface area contributed by atoms with E-state index in [1.807, 2.05) is 4.90 Å². The number of hydrogen-bond donors (Lipinski definition) is 1. The minimum Gasteiger partial charge on any atom is -0.478 e. The topological polar surface area (TPSA) is 64.3 Å². The molecular weight excluding hydrogens is 192 g/mol. The fourth-order valence-electron chi connectivity index (χ4n) is 1.45. The number of nitrogens with two attached hydrogens (primary N) is 1. The van der Waals surface area contributed by atoms with Crippen LogP contribution in [0.3, 0.4) is 0 Å². The summed E-state index contributed by atoms with van der Waals surface area (Å²) in [6.07, 6.45) is 2.70. The first-order chi connectivity index (χ1) is 7.29. The third kappa shape index (κ3) is 2.36. The highest BCUT2D eigenvalue weighted by molar-refractivity contribution is 5.36. The van der Waals surface area contributed by atoms with E-state index in [4.69, 9.17) is 10.5 Å². The van der Waals surface area contributed by atoms with Crippen molar-refractivity contribution in [2.45, 2.75) is 19.4 Å². The molecule has 2 N–H and O–H groups in total. The number of nitrogens with zero attached hydrogens (tertiary/aromatic N) is 3. The highest BCUT2D eigenvalue weighted by Crippen LogP contribution is 2.17. The summed E-state index contributed by atoms with van der Waals surface area (Å²) in [5.41, 5.74) is 5.70. The summed E-state index contributed by atoms with van der Waals surface area (Å²) >= 11 is 0. The normalized spacial score (nSPS) is 16.3. The van der Waals surface area contributed by atoms with E-state index >= 15 is 0 Å². The van der Waals surface area contributed by atoms with E-state index in [0.717, 1.165) is 19.5 Å². The van der Waals surface area contributed by atoms with Crippen LogP contribution in [0.5, 0.6) is 5.88 Å². The molecule has 1 fully saturated rings. The summed E-state index contributed by atoms with van der Waals surface area (Å²) < 4.78 is 5.43. The smallest absolute Gasteiger partial charge is 0.228 e. The quantitative estimate of drug-likeness (QED) is 0.776. The summed E-state index contributed by atoms with van der Waals surface area (Å²) in [4.78, 5) is 10.5. The highest BCUT2D eigenvalue weighted by atomic mass is 16.5. The maximum Gasteiger partial charge on any atom is 0.228 e. The zero-order valence-corrected chi connectivity index (χ0v) is 8.89. The van der Waals surface area contributed by atoms with Gasteiger partial charge in [0.25, 0.3) is 0 Å². The second-order valence-corrected chi connectivity index (χ2v) is 3.71. The molecule has 0 spiro atoms. The summed E-state index contributed by atoms with van der Waals surface area (Å²) in [7, 11) is 0. The lowest BCUT2D eigenvalue weighted by molar-refractivity contribution is 0.304. The average Bonchev–Trinajstić information content (AvgIpc) is 2.22. The lowest BCUT2D eigenvalue weighted by atomic mass is 10.1. The van der Waals surface area contributed by atoms with Crippen LogP contribution in [0.4, 0.5) is 5.95 Å². The zero-order valence-electron chi connectivity index (χ0n) is 8.89. The van der Waals surface area contributed by atoms with Crippen LogP contribution >= 0.6 is 0 Å². The Labute approximate surface area is 89.3 Å². The Balaban J connectivity index is 1.99. The molecule has 82 valence electrons. The van der Waals surface area contributed by atoms with Gasteiger partial charge in [-0.05, 0) is 6.42 Å². The van der Waals surface area contributed by atoms with E-state index in [0.29, 0.717) is 18.4 Å². The predicted octanol–water partition coefficient (Wildman–Crippen LogP) is 0.413. The van der Waals surface area contributed by atoms with E-state index in [-0.39, 0.29) is 6.04 Å². The average molecular weight is 208 g/mol. The van der Waals surface area contributed by atoms with Gasteiger partial charge < -0.3 is 15.4 Å². The van der Waals surface area contributed by atoms with E-state index in [2.05, 4.69) is 16.9 Å². The van der Waals surface area contributed by atoms with Crippen molar-refractivity contribution in [2.75, 3.05) is 24.6 Å². The van der Waals surface area contributed by atoms with Gasteiger partial charge in [-0.1, -0.05) is 6.92 Å². The zero-order chi connectivity index (χ0) is 10.7. The summed E-state index contributed by atoms with van der Waals surface area (Å²) in [6, 6.07) is 2.03. The van der Waals surface area contributed by atoms with Crippen LogP contribution in [-0.2, 0) is 0 Å². The van der Waals surface area contributed by atoms with Gasteiger partial charge in [0.05, 0.1) is 6.61 Å². The van der Waals surface area contributed by atoms with Gasteiger partial charge in [0.1, 0.15) is 0 Å². The maximum atomic E-state index is 5.70. The highest BCUT2D eigenvalue weighted by Gasteiger charge is 2.25. The molecular formula is C10H16N4O. The second-order valence-electron chi connectivity index (χ2n) is 3.71. The summed E-state index contributed by atoms with van der Waals surface area (Å²) in [5.74, 6) is 1.35. The van der Waals surface area contributed by atoms with Gasteiger partial charge in [-0.2, -0.15) is 4.98 Å². The Hall–Kier alpha value is -1.36. The van der Waals surface area contributed by atoms with Crippen molar-refractivity contribution in [1.82, 2.24) is 9.97 Å². The molecule has 1 aliphatic rings. The number of anilines is 1. The van der Waals surface area contributed by atoms with E-state index in [1.54, 1.807) is 12.3 Å². The largest absolute Gasteiger partial charge is 0.478 e. The molecule has 0 radical (unpaired) electrons. The first kappa shape index (κ1) is 10.2. The molecule has 0 unspecified atom stereocenters. The van der Waals surface area contributed by atoms with Gasteiger partial charge in [-0.3, -0.25) is 0 Å². The van der Waals surface area contributed by atoms with Crippen molar-refractivity contribution in [3.8, 4) is 5.88 Å². The molecule has 0 atom stereocenters. The lowest BCUT2D eigenvalue weighted by Crippen LogP contribution is -2.56. The van der Waals surface area contributed by atoms with Crippen LogP contribution < -0.4 is 15.4 Å². The van der Waals surface area contributed by atoms with Crippen molar-refractivity contribution in [2.24, 2.45) is 5.73 Å². The molecule has 0 bridgehead atoms. The second kappa shape index (κ2) is 4.44. The van der Waals surface area contributed by atoms with Crippen molar-refractivity contribution >= 4 is 5.95 Å². The fraction of sp³-hybridized carbons (Fsp3) is 0.600. The molecule has 1 aliphatic heterocycles. The first-order valence-corrected chi connectivity index (χ1v) is 5.26. The molecule has 2 heterocycles. The molecule has 0 amide bonds. The minimum absolute atomic E-state index is 0.258. The van der Waals surface area contributed by atoms with Crippen molar-refractivity contribution < 1.29 is 4.74 Å². The number of rotatable bonds is 4. The van der Waals surface area contributed by atoms with Crippen LogP contribution in [0.2, 0.25) is 0 Å². The lowest BCUT2D eigenvalue weighted by Gasteiger charge is -2.36. The Kier molecular flexibility index (Phi) is 3.01. The van der Waals surface area contributed by atoms with Gasteiger partial charge in [0.15, 0.2) is 0 Å². The van der Waals surface area contributed by atoms with Crippen molar-refractivity contribution in [1.29, 1.82) is 0 Å². The molecule has 0 saturated carbocycles. The fourth-order valence-corrected chi connectivity index (χ4v) is 1.45. The van der Waals surface area contributed by atoms with Crippen LogP contribution in [0.15, 0.2) is 12.3 Å². The van der Waals surface area contributed by atoms with E-state index in [1.165, 1.54) is 0 Å². The summed E-state index contributed by atoms with van der Waals surface area (Å²) in [6.45, 7) is 4.42. The molecule has 15 heavy (non-hydrogen) atoms. The van der Waals surface area contributed by atoms with E-state index < -0.39 is 0 Å². The molecule has 0 aromatic carbocycles. The van der Waals surface area contributed by atoms with Gasteiger partial charge >= 0.3 is 0 Å². The van der Waals surface area contributed by atoms with Gasteiger partial charge in [-0.25, -0.2) is 4.98 Å². The Morgan fingerprint density at radius 1 is 1.60 bits per heavy atom. The van der Waals surface area contributed by atoms with Crippen LogP contribution in [-0.4, -0.2) is 35.7 Å². The van der Waals surface area contributed by atoms with Crippen LogP contribution in [0.25, 0.3) is 0 Å². The number of hydrogen-bond acceptors (Lipinski definition) is 5. The Morgan fingerprint density at radius 2 is 2.40 bits per heavy atom. The van der Waals surface area contributed by atoms with Crippen molar-refractivity contribution in [3.63, 3.8) is 0 Å². The van der Waals surface area contributed by atoms with Crippen LogP contribution in [0.1, 0.15) is 13.3 Å². The third-order valence-corrected chi connectivity index (χ3v) is 2.26. The molecule has 1 saturated heterocycles. The molecule has 5 nitrogen and oxygen atoms in total. The minimum atomic E-state index is 0.258. The Bertz CT molecular complexity index is 325. The number of aromatic nitrogens is 2. The maximum absolute atomic E-state index is 5.70. The SMILES string of the molecule is CCCOc1ccnc(N2CC(N)C2)n1. The molecule has 5 heteroatoms. The first-order valence-electron chi connectivity index (χ1n) is 5.26. The van der Waals surface area contributed by atoms with Gasteiger partial charge in [0, 0.05) is 31.4 Å². The van der Waals surface area contributed by atoms with E-state index in [9.17, 15) is 0 Å². The summed E-state index contributed by atoms with van der Waals surface area (Å²) in [5, 5.41) is 0. The van der Waals surface area contributed by atoms with Crippen LogP contribution in [0, 0.1) is 0 Å². The monoisotopic (exact) mass is 208 g/mol. The third-order valence-electron chi connectivity index (χ3n) is 2.26. The van der Waals surface area contributed by atoms with Gasteiger partial charge in [0.2, 0.25) is 11.8 Å². The van der Waals surface area contributed by atoms with Gasteiger partial charge in [-0.15, -0.1) is 0 Å². The molecule has 0 aliphatic carbocycles. The Morgan fingerprint density at radius 3 is 3.07 bits per heavy atom.